The van der Waals surface area contributed by atoms with Crippen LogP contribution in [-0.4, -0.2) is 97.8 Å². The molecule has 1 aliphatic rings. The van der Waals surface area contributed by atoms with E-state index in [1.807, 2.05) is 13.0 Å². The average Bonchev–Trinajstić information content (AvgIpc) is 3.27. The second kappa shape index (κ2) is 25.7. The molecule has 0 spiro atoms. The van der Waals surface area contributed by atoms with Gasteiger partial charge in [-0.15, -0.1) is 0 Å². The van der Waals surface area contributed by atoms with E-state index in [4.69, 9.17) is 25.8 Å². The number of nitrogens with one attached hydrogen (secondary N) is 4. The predicted octanol–water partition coefficient (Wildman–Crippen LogP) is 7.28. The number of ketones is 1. The highest BCUT2D eigenvalue weighted by molar-refractivity contribution is 6.65. The summed E-state index contributed by atoms with van der Waals surface area (Å²) in [5.41, 5.74) is 5.25. The van der Waals surface area contributed by atoms with E-state index in [0.717, 1.165) is 23.1 Å². The normalized spacial score (nSPS) is 14.2. The molecule has 2 atom stereocenters. The van der Waals surface area contributed by atoms with Gasteiger partial charge in [0.25, 0.3) is 11.8 Å². The summed E-state index contributed by atoms with van der Waals surface area (Å²) in [6.45, 7) is 12.8. The maximum Gasteiger partial charge on any atom is 0.329 e. The number of benzene rings is 3. The maximum atomic E-state index is 14.0. The zero-order valence-corrected chi connectivity index (χ0v) is 39.2. The molecule has 65 heavy (non-hydrogen) atoms. The van der Waals surface area contributed by atoms with Gasteiger partial charge in [0.05, 0.1) is 32.8 Å². The van der Waals surface area contributed by atoms with Crippen LogP contribution in [0.1, 0.15) is 110 Å². The second-order valence-electron chi connectivity index (χ2n) is 17.0. The van der Waals surface area contributed by atoms with Gasteiger partial charge in [0, 0.05) is 48.4 Å². The minimum Gasteiger partial charge on any atom is -0.456 e. The minimum absolute atomic E-state index is 0.0602. The van der Waals surface area contributed by atoms with Crippen LogP contribution in [0.2, 0.25) is 0 Å². The Morgan fingerprint density at radius 2 is 1.54 bits per heavy atom. The average molecular weight is 919 g/mol. The van der Waals surface area contributed by atoms with Crippen LogP contribution in [0.25, 0.3) is 0 Å². The lowest BCUT2D eigenvalue weighted by molar-refractivity contribution is -0.164. The number of carbonyl (C=O) groups is 7. The summed E-state index contributed by atoms with van der Waals surface area (Å²) in [6.07, 6.45) is 2.83. The van der Waals surface area contributed by atoms with Crippen molar-refractivity contribution in [2.45, 2.75) is 105 Å². The Balaban J connectivity index is 1.21. The molecule has 0 radical (unpaired) electrons. The minimum atomic E-state index is -0.875. The molecule has 0 aromatic heterocycles. The molecule has 4 N–H and O–H groups in total. The van der Waals surface area contributed by atoms with E-state index in [1.165, 1.54) is 16.5 Å². The number of anilines is 2. The fourth-order valence-electron chi connectivity index (χ4n) is 7.14. The van der Waals surface area contributed by atoms with Crippen LogP contribution in [0.15, 0.2) is 60.7 Å². The van der Waals surface area contributed by atoms with Gasteiger partial charge in [-0.3, -0.25) is 28.8 Å². The Hall–Kier alpha value is -5.64. The monoisotopic (exact) mass is 917 g/mol. The van der Waals surface area contributed by atoms with Gasteiger partial charge < -0.3 is 40.4 Å². The van der Waals surface area contributed by atoms with Crippen molar-refractivity contribution in [3.63, 3.8) is 0 Å². The number of ether oxygens (including phenoxy) is 3. The Bertz CT molecular complexity index is 2160. The highest BCUT2D eigenvalue weighted by Gasteiger charge is 2.41. The Morgan fingerprint density at radius 1 is 0.785 bits per heavy atom. The van der Waals surface area contributed by atoms with Crippen LogP contribution in [0, 0.1) is 26.2 Å². The lowest BCUT2D eigenvalue weighted by Crippen LogP contribution is -2.53. The summed E-state index contributed by atoms with van der Waals surface area (Å²) in [5.74, 6) is -2.65. The summed E-state index contributed by atoms with van der Waals surface area (Å²) >= 11 is 5.37. The Morgan fingerprint density at radius 3 is 2.26 bits per heavy atom. The molecule has 0 bridgehead atoms. The molecule has 16 heteroatoms. The number of Topliss-reactive ketones (excluding diaryl/α,β-unsaturated/α-hetero) is 1. The van der Waals surface area contributed by atoms with Gasteiger partial charge in [-0.1, -0.05) is 51.1 Å². The maximum absolute atomic E-state index is 14.0. The number of halogens is 1. The van der Waals surface area contributed by atoms with Gasteiger partial charge in [0.1, 0.15) is 12.1 Å². The number of piperidine rings is 1. The van der Waals surface area contributed by atoms with E-state index in [1.54, 1.807) is 51.1 Å². The molecule has 1 heterocycles. The van der Waals surface area contributed by atoms with E-state index in [0.29, 0.717) is 61.2 Å². The van der Waals surface area contributed by atoms with E-state index < -0.39 is 46.5 Å². The fraction of sp³-hybridized carbons (Fsp3) is 0.490. The number of esters is 1. The molecule has 3 aromatic rings. The lowest BCUT2D eigenvalue weighted by atomic mass is 9.84. The van der Waals surface area contributed by atoms with Crippen LogP contribution >= 0.6 is 11.6 Å². The lowest BCUT2D eigenvalue weighted by Gasteiger charge is -2.36. The molecule has 15 nitrogen and oxygen atoms in total. The molecule has 1 fully saturated rings. The van der Waals surface area contributed by atoms with Gasteiger partial charge >= 0.3 is 11.3 Å². The third kappa shape index (κ3) is 17.0. The van der Waals surface area contributed by atoms with Gasteiger partial charge in [0.2, 0.25) is 17.6 Å². The first-order valence-corrected chi connectivity index (χ1v) is 22.7. The smallest absolute Gasteiger partial charge is 0.329 e. The van der Waals surface area contributed by atoms with Gasteiger partial charge in [-0.2, -0.15) is 0 Å². The molecule has 1 saturated heterocycles. The standard InChI is InChI=1S/C49H64ClN5O10/c1-7-49(5,6)44(58)46(60)55-22-9-8-13-40(55)47(61)65-41(17-16-35-15-14-33(3)34(4)29-35)36-11-10-12-38(30-36)53-43(57)19-23-63-25-26-64-24-21-51-42(56)18-20-52-45(59)37-27-32(2)28-39(31-37)54-48(50)62/h10-12,14-15,27-31,40-41H,7-9,13,16-26H2,1-6H3,(H,51,56)(H,52,59)(H,53,57)(H,54,62)/t40-,41+/m0/s1. The Labute approximate surface area is 387 Å². The number of carbonyl (C=O) groups excluding carboxylic acids is 7. The number of nitrogens with zero attached hydrogens (tertiary/aromatic N) is 1. The number of rotatable bonds is 24. The van der Waals surface area contributed by atoms with Gasteiger partial charge in [-0.05, 0) is 129 Å². The molecule has 0 aliphatic carbocycles. The summed E-state index contributed by atoms with van der Waals surface area (Å²) < 4.78 is 17.3. The van der Waals surface area contributed by atoms with Crippen molar-refractivity contribution in [1.29, 1.82) is 0 Å². The van der Waals surface area contributed by atoms with Crippen LogP contribution in [0.3, 0.4) is 0 Å². The summed E-state index contributed by atoms with van der Waals surface area (Å²) in [6, 6.07) is 17.4. The highest BCUT2D eigenvalue weighted by Crippen LogP contribution is 2.30. The summed E-state index contributed by atoms with van der Waals surface area (Å²) in [7, 11) is 0. The van der Waals surface area contributed by atoms with Crippen molar-refractivity contribution < 1.29 is 47.8 Å². The fourth-order valence-corrected chi connectivity index (χ4v) is 7.25. The molecular formula is C49H64ClN5O10. The van der Waals surface area contributed by atoms with Crippen LogP contribution in [0.5, 0.6) is 0 Å². The van der Waals surface area contributed by atoms with Crippen molar-refractivity contribution in [3.05, 3.63) is 94.0 Å². The SMILES string of the molecule is CCC(C)(C)C(=O)C(=O)N1CCCC[C@H]1C(=O)O[C@H](CCc1ccc(C)c(C)c1)c1cccc(NC(=O)CCOCCOCCNC(=O)CCNC(=O)c2cc(C)cc(NC(=O)Cl)c2)c1. The largest absolute Gasteiger partial charge is 0.456 e. The quantitative estimate of drug-likeness (QED) is 0.0233. The number of hydrogen-bond donors (Lipinski definition) is 4. The Kier molecular flexibility index (Phi) is 20.6. The van der Waals surface area contributed by atoms with E-state index >= 15 is 0 Å². The van der Waals surface area contributed by atoms with E-state index in [2.05, 4.69) is 53.3 Å². The van der Waals surface area contributed by atoms with Crippen molar-refractivity contribution in [1.82, 2.24) is 15.5 Å². The van der Waals surface area contributed by atoms with Crippen LogP contribution in [-0.2, 0) is 44.6 Å². The molecule has 0 saturated carbocycles. The third-order valence-corrected chi connectivity index (χ3v) is 11.5. The first kappa shape index (κ1) is 52.0. The molecule has 4 rings (SSSR count). The van der Waals surface area contributed by atoms with Crippen molar-refractivity contribution >= 4 is 63.7 Å². The first-order chi connectivity index (χ1) is 31.0. The molecule has 5 amide bonds. The second-order valence-corrected chi connectivity index (χ2v) is 17.3. The number of aryl methyl sites for hydroxylation is 4. The number of hydrogen-bond acceptors (Lipinski definition) is 10. The third-order valence-electron chi connectivity index (χ3n) is 11.4. The molecule has 0 unspecified atom stereocenters. The van der Waals surface area contributed by atoms with E-state index in [-0.39, 0.29) is 64.2 Å². The predicted molar refractivity (Wildman–Crippen MR) is 249 cm³/mol. The zero-order valence-electron chi connectivity index (χ0n) is 38.4. The van der Waals surface area contributed by atoms with Crippen molar-refractivity contribution in [3.8, 4) is 0 Å². The van der Waals surface area contributed by atoms with Gasteiger partial charge in [0.15, 0.2) is 0 Å². The molecule has 352 valence electrons. The number of likely N-dealkylation sites (tertiary alicyclic amines) is 1. The van der Waals surface area contributed by atoms with Crippen LogP contribution in [0.4, 0.5) is 16.2 Å². The topological polar surface area (TPSA) is 199 Å². The van der Waals surface area contributed by atoms with Crippen LogP contribution < -0.4 is 21.3 Å². The summed E-state index contributed by atoms with van der Waals surface area (Å²) in [5, 5.41) is 9.97. The number of amides is 5. The molecular weight excluding hydrogens is 854 g/mol. The van der Waals surface area contributed by atoms with Gasteiger partial charge in [-0.25, -0.2) is 4.79 Å². The summed E-state index contributed by atoms with van der Waals surface area (Å²) in [4.78, 5) is 90.8. The highest BCUT2D eigenvalue weighted by atomic mass is 35.5. The van der Waals surface area contributed by atoms with E-state index in [9.17, 15) is 33.6 Å². The first-order valence-electron chi connectivity index (χ1n) is 22.3. The molecule has 1 aliphatic heterocycles. The zero-order chi connectivity index (χ0) is 47.5. The van der Waals surface area contributed by atoms with Crippen molar-refractivity contribution in [2.24, 2.45) is 5.41 Å². The van der Waals surface area contributed by atoms with Crippen molar-refractivity contribution in [2.75, 3.05) is 56.7 Å². The molecule has 3 aromatic carbocycles.